The summed E-state index contributed by atoms with van der Waals surface area (Å²) in [5, 5.41) is 3.84. The maximum absolute atomic E-state index is 12.6. The quantitative estimate of drug-likeness (QED) is 0.833. The summed E-state index contributed by atoms with van der Waals surface area (Å²) in [6.45, 7) is 0.809. The highest BCUT2D eigenvalue weighted by Gasteiger charge is 2.38. The van der Waals surface area contributed by atoms with Crippen molar-refractivity contribution in [3.05, 3.63) is 22.4 Å². The molecule has 1 saturated heterocycles. The summed E-state index contributed by atoms with van der Waals surface area (Å²) in [6, 6.07) is 2.03. The van der Waals surface area contributed by atoms with Gasteiger partial charge in [-0.15, -0.1) is 0 Å². The highest BCUT2D eigenvalue weighted by molar-refractivity contribution is 7.08. The fourth-order valence-electron chi connectivity index (χ4n) is 3.43. The van der Waals surface area contributed by atoms with Gasteiger partial charge < -0.3 is 4.90 Å². The summed E-state index contributed by atoms with van der Waals surface area (Å²) in [5.74, 6) is 0.587. The molecule has 1 aliphatic heterocycles. The molecule has 3 nitrogen and oxygen atoms in total. The van der Waals surface area contributed by atoms with Gasteiger partial charge in [-0.2, -0.15) is 11.3 Å². The van der Waals surface area contributed by atoms with E-state index < -0.39 is 0 Å². The van der Waals surface area contributed by atoms with Crippen LogP contribution >= 0.6 is 11.3 Å². The van der Waals surface area contributed by atoms with E-state index in [2.05, 4.69) is 0 Å². The van der Waals surface area contributed by atoms with E-state index in [1.807, 2.05) is 21.7 Å². The van der Waals surface area contributed by atoms with Gasteiger partial charge in [-0.1, -0.05) is 0 Å². The Morgan fingerprint density at radius 3 is 2.84 bits per heavy atom. The summed E-state index contributed by atoms with van der Waals surface area (Å²) in [6.07, 6.45) is 5.88. The van der Waals surface area contributed by atoms with Crippen LogP contribution in [0.4, 0.5) is 0 Å². The molecular formula is C15H19NO2S. The topological polar surface area (TPSA) is 37.4 Å². The zero-order chi connectivity index (χ0) is 13.2. The first-order valence-corrected chi connectivity index (χ1v) is 8.07. The number of hydrogen-bond donors (Lipinski definition) is 0. The first-order chi connectivity index (χ1) is 9.27. The van der Waals surface area contributed by atoms with Crippen LogP contribution in [0.3, 0.4) is 0 Å². The van der Waals surface area contributed by atoms with Crippen molar-refractivity contribution in [1.29, 1.82) is 0 Å². The van der Waals surface area contributed by atoms with E-state index in [0.717, 1.165) is 44.2 Å². The fraction of sp³-hybridized carbons (Fsp3) is 0.600. The molecule has 2 unspecified atom stereocenters. The Morgan fingerprint density at radius 2 is 2.16 bits per heavy atom. The van der Waals surface area contributed by atoms with Crippen LogP contribution in [-0.4, -0.2) is 29.2 Å². The van der Waals surface area contributed by atoms with Crippen LogP contribution in [0.15, 0.2) is 16.8 Å². The molecule has 1 saturated carbocycles. The third-order valence-electron chi connectivity index (χ3n) is 4.39. The van der Waals surface area contributed by atoms with Gasteiger partial charge in [0.15, 0.2) is 0 Å². The van der Waals surface area contributed by atoms with Crippen molar-refractivity contribution in [3.63, 3.8) is 0 Å². The molecule has 3 rings (SSSR count). The van der Waals surface area contributed by atoms with Crippen molar-refractivity contribution >= 4 is 23.0 Å². The Morgan fingerprint density at radius 1 is 1.26 bits per heavy atom. The molecule has 102 valence electrons. The van der Waals surface area contributed by atoms with Gasteiger partial charge in [0, 0.05) is 30.3 Å². The number of nitrogens with zero attached hydrogens (tertiary/aromatic N) is 1. The lowest BCUT2D eigenvalue weighted by Crippen LogP contribution is -2.48. The van der Waals surface area contributed by atoms with Crippen LogP contribution in [0.5, 0.6) is 0 Å². The number of thiophene rings is 1. The van der Waals surface area contributed by atoms with Gasteiger partial charge in [0.25, 0.3) is 5.91 Å². The summed E-state index contributed by atoms with van der Waals surface area (Å²) >= 11 is 1.55. The van der Waals surface area contributed by atoms with Crippen LogP contribution in [0.25, 0.3) is 0 Å². The molecule has 0 N–H and O–H groups in total. The van der Waals surface area contributed by atoms with Crippen LogP contribution in [-0.2, 0) is 4.79 Å². The smallest absolute Gasteiger partial charge is 0.254 e. The number of likely N-dealkylation sites (tertiary alicyclic amines) is 1. The Labute approximate surface area is 117 Å². The lowest BCUT2D eigenvalue weighted by molar-refractivity contribution is -0.122. The Hall–Kier alpha value is -1.16. The predicted octanol–water partition coefficient (Wildman–Crippen LogP) is 3.11. The third kappa shape index (κ3) is 2.46. The van der Waals surface area contributed by atoms with Crippen molar-refractivity contribution in [2.45, 2.75) is 44.6 Å². The van der Waals surface area contributed by atoms with E-state index in [4.69, 9.17) is 0 Å². The molecule has 0 aromatic carbocycles. The number of hydrogen-bond acceptors (Lipinski definition) is 3. The van der Waals surface area contributed by atoms with Gasteiger partial charge in [-0.25, -0.2) is 0 Å². The fourth-order valence-corrected chi connectivity index (χ4v) is 4.06. The van der Waals surface area contributed by atoms with E-state index in [1.165, 1.54) is 0 Å². The van der Waals surface area contributed by atoms with Crippen molar-refractivity contribution in [3.8, 4) is 0 Å². The van der Waals surface area contributed by atoms with Gasteiger partial charge in [0.05, 0.1) is 5.56 Å². The van der Waals surface area contributed by atoms with E-state index >= 15 is 0 Å². The molecule has 2 fully saturated rings. The molecule has 2 aliphatic rings. The van der Waals surface area contributed by atoms with Crippen molar-refractivity contribution in [1.82, 2.24) is 4.90 Å². The SMILES string of the molecule is O=C1CCCC1C1CCCCN1C(=O)c1ccsc1. The van der Waals surface area contributed by atoms with Crippen molar-refractivity contribution < 1.29 is 9.59 Å². The van der Waals surface area contributed by atoms with Crippen molar-refractivity contribution in [2.24, 2.45) is 5.92 Å². The molecule has 2 heterocycles. The molecule has 0 spiro atoms. The molecule has 2 atom stereocenters. The number of carbonyl (C=O) groups is 2. The molecule has 1 aromatic heterocycles. The lowest BCUT2D eigenvalue weighted by atomic mass is 9.88. The van der Waals surface area contributed by atoms with Gasteiger partial charge in [0.1, 0.15) is 5.78 Å². The molecule has 4 heteroatoms. The lowest BCUT2D eigenvalue weighted by Gasteiger charge is -2.38. The van der Waals surface area contributed by atoms with Gasteiger partial charge in [-0.3, -0.25) is 9.59 Å². The third-order valence-corrected chi connectivity index (χ3v) is 5.08. The molecule has 1 amide bonds. The average molecular weight is 277 g/mol. The molecule has 0 radical (unpaired) electrons. The normalized spacial score (nSPS) is 27.8. The minimum absolute atomic E-state index is 0.0999. The van der Waals surface area contributed by atoms with E-state index in [9.17, 15) is 9.59 Å². The summed E-state index contributed by atoms with van der Waals surface area (Å²) < 4.78 is 0. The zero-order valence-electron chi connectivity index (χ0n) is 11.0. The first kappa shape index (κ1) is 12.9. The van der Waals surface area contributed by atoms with Gasteiger partial charge in [-0.05, 0) is 43.6 Å². The molecule has 0 bridgehead atoms. The largest absolute Gasteiger partial charge is 0.335 e. The van der Waals surface area contributed by atoms with Crippen LogP contribution in [0.2, 0.25) is 0 Å². The highest BCUT2D eigenvalue weighted by Crippen LogP contribution is 2.33. The standard InChI is InChI=1S/C15H19NO2S/c17-14-6-3-4-12(14)13-5-1-2-8-16(13)15(18)11-7-9-19-10-11/h7,9-10,12-13H,1-6,8H2. The van der Waals surface area contributed by atoms with Gasteiger partial charge in [0.2, 0.25) is 0 Å². The predicted molar refractivity (Wildman–Crippen MR) is 75.3 cm³/mol. The summed E-state index contributed by atoms with van der Waals surface area (Å²) in [5.41, 5.74) is 0.780. The van der Waals surface area contributed by atoms with E-state index in [-0.39, 0.29) is 17.9 Å². The zero-order valence-corrected chi connectivity index (χ0v) is 11.8. The Kier molecular flexibility index (Phi) is 3.69. The number of ketones is 1. The monoisotopic (exact) mass is 277 g/mol. The second-order valence-corrected chi connectivity index (χ2v) is 6.32. The number of piperidine rings is 1. The molecule has 1 aliphatic carbocycles. The van der Waals surface area contributed by atoms with Crippen LogP contribution < -0.4 is 0 Å². The minimum Gasteiger partial charge on any atom is -0.335 e. The number of Topliss-reactive ketones (excluding diaryl/α,β-unsaturated/α-hetero) is 1. The number of carbonyl (C=O) groups excluding carboxylic acids is 2. The molecular weight excluding hydrogens is 258 g/mol. The average Bonchev–Trinajstić information content (AvgIpc) is 3.09. The second-order valence-electron chi connectivity index (χ2n) is 5.54. The summed E-state index contributed by atoms with van der Waals surface area (Å²) in [7, 11) is 0. The Bertz CT molecular complexity index is 468. The number of amides is 1. The van der Waals surface area contributed by atoms with E-state index in [0.29, 0.717) is 12.2 Å². The van der Waals surface area contributed by atoms with E-state index in [1.54, 1.807) is 11.3 Å². The minimum atomic E-state index is 0.0999. The Balaban J connectivity index is 1.81. The van der Waals surface area contributed by atoms with Crippen LogP contribution in [0.1, 0.15) is 48.9 Å². The molecule has 19 heavy (non-hydrogen) atoms. The highest BCUT2D eigenvalue weighted by atomic mass is 32.1. The maximum Gasteiger partial charge on any atom is 0.254 e. The van der Waals surface area contributed by atoms with Crippen LogP contribution in [0, 0.1) is 5.92 Å². The first-order valence-electron chi connectivity index (χ1n) is 7.13. The van der Waals surface area contributed by atoms with Crippen molar-refractivity contribution in [2.75, 3.05) is 6.54 Å². The number of rotatable bonds is 2. The summed E-state index contributed by atoms with van der Waals surface area (Å²) in [4.78, 5) is 26.5. The van der Waals surface area contributed by atoms with Gasteiger partial charge >= 0.3 is 0 Å². The molecule has 1 aromatic rings. The maximum atomic E-state index is 12.6. The second kappa shape index (κ2) is 5.45.